The lowest BCUT2D eigenvalue weighted by Gasteiger charge is -2.43. The summed E-state index contributed by atoms with van der Waals surface area (Å²) in [5.74, 6) is 0. The van der Waals surface area contributed by atoms with Gasteiger partial charge >= 0.3 is 6.18 Å². The van der Waals surface area contributed by atoms with Gasteiger partial charge in [-0.2, -0.15) is 13.2 Å². The Morgan fingerprint density at radius 2 is 1.83 bits per heavy atom. The van der Waals surface area contributed by atoms with Gasteiger partial charge in [-0.05, 0) is 32.2 Å². The summed E-state index contributed by atoms with van der Waals surface area (Å²) in [6, 6.07) is 0. The number of alkyl halides is 3. The molecule has 5 heteroatoms. The quantitative estimate of drug-likeness (QED) is 0.743. The molecule has 0 aliphatic carbocycles. The highest BCUT2D eigenvalue weighted by Gasteiger charge is 2.31. The van der Waals surface area contributed by atoms with Crippen LogP contribution in [0.3, 0.4) is 0 Å². The average Bonchev–Trinajstić information content (AvgIpc) is 2.34. The van der Waals surface area contributed by atoms with E-state index in [4.69, 9.17) is 0 Å². The largest absolute Gasteiger partial charge is 0.389 e. The normalized spacial score (nSPS) is 21.2. The van der Waals surface area contributed by atoms with E-state index < -0.39 is 12.6 Å². The highest BCUT2D eigenvalue weighted by molar-refractivity contribution is 4.92. The first-order valence-corrected chi connectivity index (χ1v) is 6.95. The van der Waals surface area contributed by atoms with E-state index in [2.05, 4.69) is 24.1 Å². The molecular formula is C13H25F3N2. The predicted octanol–water partition coefficient (Wildman–Crippen LogP) is 3.18. The van der Waals surface area contributed by atoms with Gasteiger partial charge in [0.15, 0.2) is 0 Å². The highest BCUT2D eigenvalue weighted by Crippen LogP contribution is 2.23. The maximum atomic E-state index is 12.0. The van der Waals surface area contributed by atoms with Gasteiger partial charge < -0.3 is 10.2 Å². The Morgan fingerprint density at radius 3 is 2.39 bits per heavy atom. The zero-order valence-corrected chi connectivity index (χ0v) is 11.4. The van der Waals surface area contributed by atoms with Crippen LogP contribution in [-0.2, 0) is 0 Å². The summed E-state index contributed by atoms with van der Waals surface area (Å²) >= 11 is 0. The molecule has 0 aromatic rings. The van der Waals surface area contributed by atoms with Crippen LogP contribution in [0.1, 0.15) is 46.0 Å². The fourth-order valence-corrected chi connectivity index (χ4v) is 2.62. The summed E-state index contributed by atoms with van der Waals surface area (Å²) in [5.41, 5.74) is 0.169. The van der Waals surface area contributed by atoms with Crippen molar-refractivity contribution in [2.45, 2.75) is 57.7 Å². The SMILES string of the molecule is CCC1(CC)CN(CCCCC(F)(F)F)CCN1. The lowest BCUT2D eigenvalue weighted by Crippen LogP contribution is -2.59. The highest BCUT2D eigenvalue weighted by atomic mass is 19.4. The topological polar surface area (TPSA) is 15.3 Å². The summed E-state index contributed by atoms with van der Waals surface area (Å²) in [6.45, 7) is 7.99. The molecule has 0 bridgehead atoms. The smallest absolute Gasteiger partial charge is 0.309 e. The molecule has 108 valence electrons. The Balaban J connectivity index is 2.26. The van der Waals surface area contributed by atoms with Gasteiger partial charge in [0.05, 0.1) is 0 Å². The Hall–Kier alpha value is -0.290. The molecule has 0 atom stereocenters. The fraction of sp³-hybridized carbons (Fsp3) is 1.00. The van der Waals surface area contributed by atoms with Gasteiger partial charge in [0.25, 0.3) is 0 Å². The minimum absolute atomic E-state index is 0.169. The summed E-state index contributed by atoms with van der Waals surface area (Å²) in [4.78, 5) is 2.31. The van der Waals surface area contributed by atoms with Crippen molar-refractivity contribution in [1.82, 2.24) is 10.2 Å². The van der Waals surface area contributed by atoms with E-state index in [-0.39, 0.29) is 12.0 Å². The first-order valence-electron chi connectivity index (χ1n) is 6.95. The molecule has 1 saturated heterocycles. The molecule has 0 aromatic heterocycles. The second kappa shape index (κ2) is 6.75. The predicted molar refractivity (Wildman–Crippen MR) is 67.7 cm³/mol. The van der Waals surface area contributed by atoms with Crippen LogP contribution in [0, 0.1) is 0 Å². The van der Waals surface area contributed by atoms with E-state index in [0.29, 0.717) is 6.42 Å². The molecule has 18 heavy (non-hydrogen) atoms. The Bertz CT molecular complexity index is 237. The van der Waals surface area contributed by atoms with Crippen LogP contribution < -0.4 is 5.32 Å². The molecule has 1 N–H and O–H groups in total. The van der Waals surface area contributed by atoms with Crippen LogP contribution in [0.2, 0.25) is 0 Å². The minimum Gasteiger partial charge on any atom is -0.309 e. The molecule has 0 unspecified atom stereocenters. The molecule has 1 fully saturated rings. The van der Waals surface area contributed by atoms with Gasteiger partial charge in [0.1, 0.15) is 0 Å². The van der Waals surface area contributed by atoms with Crippen molar-refractivity contribution in [3.05, 3.63) is 0 Å². The Labute approximate surface area is 108 Å². The van der Waals surface area contributed by atoms with E-state index in [1.54, 1.807) is 0 Å². The van der Waals surface area contributed by atoms with E-state index in [9.17, 15) is 13.2 Å². The first kappa shape index (κ1) is 15.8. The number of nitrogens with one attached hydrogen (secondary N) is 1. The lowest BCUT2D eigenvalue weighted by molar-refractivity contribution is -0.135. The molecule has 2 nitrogen and oxygen atoms in total. The second-order valence-electron chi connectivity index (χ2n) is 5.26. The Morgan fingerprint density at radius 1 is 1.17 bits per heavy atom. The van der Waals surface area contributed by atoms with Crippen LogP contribution in [-0.4, -0.2) is 42.8 Å². The number of nitrogens with zero attached hydrogens (tertiary/aromatic N) is 1. The van der Waals surface area contributed by atoms with Gasteiger partial charge in [-0.3, -0.25) is 0 Å². The fourth-order valence-electron chi connectivity index (χ4n) is 2.62. The third-order valence-electron chi connectivity index (χ3n) is 3.99. The van der Waals surface area contributed by atoms with Gasteiger partial charge in [0, 0.05) is 31.6 Å². The molecule has 0 aromatic carbocycles. The van der Waals surface area contributed by atoms with E-state index in [0.717, 1.165) is 39.0 Å². The van der Waals surface area contributed by atoms with Gasteiger partial charge in [-0.1, -0.05) is 13.8 Å². The molecule has 1 aliphatic heterocycles. The number of hydrogen-bond acceptors (Lipinski definition) is 2. The number of halogens is 3. The van der Waals surface area contributed by atoms with Gasteiger partial charge in [-0.15, -0.1) is 0 Å². The average molecular weight is 266 g/mol. The van der Waals surface area contributed by atoms with E-state index in [1.165, 1.54) is 0 Å². The third-order valence-corrected chi connectivity index (χ3v) is 3.99. The summed E-state index contributed by atoms with van der Waals surface area (Å²) < 4.78 is 36.1. The van der Waals surface area contributed by atoms with Crippen molar-refractivity contribution in [1.29, 1.82) is 0 Å². The summed E-state index contributed by atoms with van der Waals surface area (Å²) in [7, 11) is 0. The number of rotatable bonds is 6. The van der Waals surface area contributed by atoms with Crippen molar-refractivity contribution < 1.29 is 13.2 Å². The molecule has 0 radical (unpaired) electrons. The second-order valence-corrected chi connectivity index (χ2v) is 5.26. The minimum atomic E-state index is -4.00. The van der Waals surface area contributed by atoms with Crippen LogP contribution in [0.5, 0.6) is 0 Å². The number of hydrogen-bond donors (Lipinski definition) is 1. The van der Waals surface area contributed by atoms with E-state index in [1.807, 2.05) is 0 Å². The molecule has 0 saturated carbocycles. The molecule has 0 amide bonds. The van der Waals surface area contributed by atoms with Crippen LogP contribution in [0.4, 0.5) is 13.2 Å². The zero-order valence-electron chi connectivity index (χ0n) is 11.4. The molecule has 0 spiro atoms. The monoisotopic (exact) mass is 266 g/mol. The molecule has 1 rings (SSSR count). The Kier molecular flexibility index (Phi) is 5.92. The van der Waals surface area contributed by atoms with Crippen molar-refractivity contribution in [2.75, 3.05) is 26.2 Å². The van der Waals surface area contributed by atoms with Crippen molar-refractivity contribution >= 4 is 0 Å². The number of unbranched alkanes of at least 4 members (excludes halogenated alkanes) is 1. The van der Waals surface area contributed by atoms with Crippen LogP contribution >= 0.6 is 0 Å². The van der Waals surface area contributed by atoms with Crippen molar-refractivity contribution in [2.24, 2.45) is 0 Å². The lowest BCUT2D eigenvalue weighted by atomic mass is 9.90. The van der Waals surface area contributed by atoms with Crippen molar-refractivity contribution in [3.63, 3.8) is 0 Å². The third kappa shape index (κ3) is 5.14. The maximum Gasteiger partial charge on any atom is 0.389 e. The van der Waals surface area contributed by atoms with Crippen LogP contribution in [0.15, 0.2) is 0 Å². The van der Waals surface area contributed by atoms with Gasteiger partial charge in [-0.25, -0.2) is 0 Å². The van der Waals surface area contributed by atoms with Crippen LogP contribution in [0.25, 0.3) is 0 Å². The standard InChI is InChI=1S/C13H25F3N2/c1-3-12(4-2)11-18(10-8-17-12)9-6-5-7-13(14,15)16/h17H,3-11H2,1-2H3. The maximum absolute atomic E-state index is 12.0. The van der Waals surface area contributed by atoms with Gasteiger partial charge in [0.2, 0.25) is 0 Å². The van der Waals surface area contributed by atoms with E-state index >= 15 is 0 Å². The summed E-state index contributed by atoms with van der Waals surface area (Å²) in [6.07, 6.45) is -1.61. The summed E-state index contributed by atoms with van der Waals surface area (Å²) in [5, 5.41) is 3.55. The first-order chi connectivity index (χ1) is 8.41. The molecule has 1 heterocycles. The number of piperazine rings is 1. The zero-order chi connectivity index (χ0) is 13.6. The molecular weight excluding hydrogens is 241 g/mol. The van der Waals surface area contributed by atoms with Crippen molar-refractivity contribution in [3.8, 4) is 0 Å². The molecule has 1 aliphatic rings.